The number of hydrogen-bond donors (Lipinski definition) is 1. The van der Waals surface area contributed by atoms with Crippen LogP contribution in [-0.4, -0.2) is 37.1 Å². The Morgan fingerprint density at radius 1 is 1.12 bits per heavy atom. The zero-order valence-corrected chi connectivity index (χ0v) is 12.9. The number of nitrogens with one attached hydrogen (secondary N) is 1. The summed E-state index contributed by atoms with van der Waals surface area (Å²) < 4.78 is 0. The van der Waals surface area contributed by atoms with Crippen molar-refractivity contribution < 1.29 is 0 Å². The summed E-state index contributed by atoms with van der Waals surface area (Å²) in [5.74, 6) is 0.803. The van der Waals surface area contributed by atoms with Gasteiger partial charge in [-0.15, -0.1) is 0 Å². The Balaban J connectivity index is 3.71. The summed E-state index contributed by atoms with van der Waals surface area (Å²) in [6, 6.07) is 1.43. The standard InChI is InChI=1S/C15H34N2/c1-7-15(16-8-2)10-9-11-17(6)14(5)12-13(3)4/h13-16H,7-12H2,1-6H3. The van der Waals surface area contributed by atoms with Crippen molar-refractivity contribution in [1.29, 1.82) is 0 Å². The van der Waals surface area contributed by atoms with E-state index in [0.717, 1.165) is 12.5 Å². The van der Waals surface area contributed by atoms with E-state index in [1.807, 2.05) is 0 Å². The first kappa shape index (κ1) is 16.9. The summed E-state index contributed by atoms with van der Waals surface area (Å²) in [5.41, 5.74) is 0. The van der Waals surface area contributed by atoms with Crippen LogP contribution in [0.3, 0.4) is 0 Å². The minimum atomic E-state index is 0.716. The highest BCUT2D eigenvalue weighted by Crippen LogP contribution is 2.11. The lowest BCUT2D eigenvalue weighted by molar-refractivity contribution is 0.221. The van der Waals surface area contributed by atoms with Gasteiger partial charge in [-0.1, -0.05) is 27.7 Å². The van der Waals surface area contributed by atoms with Gasteiger partial charge in [0.25, 0.3) is 0 Å². The Morgan fingerprint density at radius 2 is 1.76 bits per heavy atom. The number of hydrogen-bond acceptors (Lipinski definition) is 2. The van der Waals surface area contributed by atoms with Crippen molar-refractivity contribution >= 4 is 0 Å². The lowest BCUT2D eigenvalue weighted by Gasteiger charge is -2.27. The van der Waals surface area contributed by atoms with Crippen LogP contribution in [0.5, 0.6) is 0 Å². The first-order valence-electron chi connectivity index (χ1n) is 7.44. The van der Waals surface area contributed by atoms with Crippen LogP contribution in [0.1, 0.15) is 60.3 Å². The zero-order chi connectivity index (χ0) is 13.3. The fourth-order valence-corrected chi connectivity index (χ4v) is 2.41. The topological polar surface area (TPSA) is 15.3 Å². The second kappa shape index (κ2) is 9.90. The Hall–Kier alpha value is -0.0800. The molecular formula is C15H34N2. The van der Waals surface area contributed by atoms with E-state index in [1.54, 1.807) is 0 Å². The number of rotatable bonds is 10. The summed E-state index contributed by atoms with van der Waals surface area (Å²) in [5, 5.41) is 3.55. The molecule has 2 heteroatoms. The molecule has 1 N–H and O–H groups in total. The maximum absolute atomic E-state index is 3.55. The second-order valence-corrected chi connectivity index (χ2v) is 5.76. The lowest BCUT2D eigenvalue weighted by Crippen LogP contribution is -2.33. The van der Waals surface area contributed by atoms with Crippen molar-refractivity contribution in [2.24, 2.45) is 5.92 Å². The van der Waals surface area contributed by atoms with E-state index in [-0.39, 0.29) is 0 Å². The van der Waals surface area contributed by atoms with Crippen LogP contribution in [0.15, 0.2) is 0 Å². The molecule has 0 aliphatic carbocycles. The first-order chi connectivity index (χ1) is 8.01. The third-order valence-corrected chi connectivity index (χ3v) is 3.61. The summed E-state index contributed by atoms with van der Waals surface area (Å²) >= 11 is 0. The van der Waals surface area contributed by atoms with E-state index >= 15 is 0 Å². The summed E-state index contributed by atoms with van der Waals surface area (Å²) in [4.78, 5) is 2.51. The van der Waals surface area contributed by atoms with E-state index < -0.39 is 0 Å². The quantitative estimate of drug-likeness (QED) is 0.630. The van der Waals surface area contributed by atoms with Crippen LogP contribution in [0, 0.1) is 5.92 Å². The van der Waals surface area contributed by atoms with Crippen molar-refractivity contribution in [1.82, 2.24) is 10.2 Å². The minimum absolute atomic E-state index is 0.716. The average Bonchev–Trinajstić information content (AvgIpc) is 2.26. The van der Waals surface area contributed by atoms with Gasteiger partial charge < -0.3 is 10.2 Å². The van der Waals surface area contributed by atoms with Gasteiger partial charge in [0, 0.05) is 12.1 Å². The molecule has 0 aromatic carbocycles. The molecule has 2 atom stereocenters. The molecule has 0 aliphatic heterocycles. The van der Waals surface area contributed by atoms with Gasteiger partial charge in [0.1, 0.15) is 0 Å². The van der Waals surface area contributed by atoms with Gasteiger partial charge in [-0.25, -0.2) is 0 Å². The fourth-order valence-electron chi connectivity index (χ4n) is 2.41. The van der Waals surface area contributed by atoms with Crippen LogP contribution in [0.25, 0.3) is 0 Å². The zero-order valence-electron chi connectivity index (χ0n) is 12.9. The third-order valence-electron chi connectivity index (χ3n) is 3.61. The third kappa shape index (κ3) is 8.62. The Kier molecular flexibility index (Phi) is 9.85. The van der Waals surface area contributed by atoms with Gasteiger partial charge in [0.2, 0.25) is 0 Å². The molecule has 0 fully saturated rings. The van der Waals surface area contributed by atoms with Gasteiger partial charge >= 0.3 is 0 Å². The molecule has 0 spiro atoms. The normalized spacial score (nSPS) is 15.5. The molecule has 0 aliphatic rings. The molecule has 0 saturated carbocycles. The summed E-state index contributed by atoms with van der Waals surface area (Å²) in [6.45, 7) is 13.8. The van der Waals surface area contributed by atoms with Gasteiger partial charge in [0.05, 0.1) is 0 Å². The Morgan fingerprint density at radius 3 is 2.24 bits per heavy atom. The predicted molar refractivity (Wildman–Crippen MR) is 78.5 cm³/mol. The van der Waals surface area contributed by atoms with Crippen molar-refractivity contribution in [3.8, 4) is 0 Å². The number of nitrogens with zero attached hydrogens (tertiary/aromatic N) is 1. The molecule has 2 unspecified atom stereocenters. The lowest BCUT2D eigenvalue weighted by atomic mass is 10.0. The molecule has 17 heavy (non-hydrogen) atoms. The van der Waals surface area contributed by atoms with Crippen LogP contribution in [0.2, 0.25) is 0 Å². The van der Waals surface area contributed by atoms with Crippen LogP contribution in [-0.2, 0) is 0 Å². The molecule has 104 valence electrons. The van der Waals surface area contributed by atoms with Crippen molar-refractivity contribution in [3.05, 3.63) is 0 Å². The highest BCUT2D eigenvalue weighted by Gasteiger charge is 2.11. The molecule has 0 bridgehead atoms. The second-order valence-electron chi connectivity index (χ2n) is 5.76. The maximum atomic E-state index is 3.55. The average molecular weight is 242 g/mol. The van der Waals surface area contributed by atoms with Crippen molar-refractivity contribution in [2.75, 3.05) is 20.1 Å². The van der Waals surface area contributed by atoms with Crippen LogP contribution in [0.4, 0.5) is 0 Å². The molecule has 0 aromatic rings. The molecule has 0 aromatic heterocycles. The van der Waals surface area contributed by atoms with Gasteiger partial charge in [-0.2, -0.15) is 0 Å². The van der Waals surface area contributed by atoms with Crippen molar-refractivity contribution in [3.63, 3.8) is 0 Å². The smallest absolute Gasteiger partial charge is 0.00663 e. The Bertz CT molecular complexity index is 168. The largest absolute Gasteiger partial charge is 0.314 e. The summed E-state index contributed by atoms with van der Waals surface area (Å²) in [6.07, 6.45) is 5.17. The molecule has 0 amide bonds. The van der Waals surface area contributed by atoms with E-state index in [9.17, 15) is 0 Å². The van der Waals surface area contributed by atoms with Crippen LogP contribution >= 0.6 is 0 Å². The maximum Gasteiger partial charge on any atom is 0.00663 e. The Labute approximate surface area is 109 Å². The van der Waals surface area contributed by atoms with E-state index in [2.05, 4.69) is 51.9 Å². The van der Waals surface area contributed by atoms with E-state index in [1.165, 1.54) is 32.2 Å². The molecule has 0 saturated heterocycles. The highest BCUT2D eigenvalue weighted by atomic mass is 15.1. The molecule has 0 radical (unpaired) electrons. The first-order valence-corrected chi connectivity index (χ1v) is 7.44. The summed E-state index contributed by atoms with van der Waals surface area (Å²) in [7, 11) is 2.27. The molecule has 0 rings (SSSR count). The molecular weight excluding hydrogens is 208 g/mol. The van der Waals surface area contributed by atoms with E-state index in [0.29, 0.717) is 12.1 Å². The van der Waals surface area contributed by atoms with Gasteiger partial charge in [-0.3, -0.25) is 0 Å². The minimum Gasteiger partial charge on any atom is -0.314 e. The predicted octanol–water partition coefficient (Wildman–Crippen LogP) is 3.52. The SMILES string of the molecule is CCNC(CC)CCCN(C)C(C)CC(C)C. The van der Waals surface area contributed by atoms with Gasteiger partial charge in [-0.05, 0) is 58.7 Å². The van der Waals surface area contributed by atoms with Crippen LogP contribution < -0.4 is 5.32 Å². The highest BCUT2D eigenvalue weighted by molar-refractivity contribution is 4.68. The molecule has 2 nitrogen and oxygen atoms in total. The fraction of sp³-hybridized carbons (Fsp3) is 1.00. The van der Waals surface area contributed by atoms with Crippen molar-refractivity contribution in [2.45, 2.75) is 72.4 Å². The molecule has 0 heterocycles. The van der Waals surface area contributed by atoms with E-state index in [4.69, 9.17) is 0 Å². The monoisotopic (exact) mass is 242 g/mol. The van der Waals surface area contributed by atoms with Gasteiger partial charge in [0.15, 0.2) is 0 Å².